The first-order valence-corrected chi connectivity index (χ1v) is 4.38. The van der Waals surface area contributed by atoms with Gasteiger partial charge >= 0.3 is 0 Å². The third-order valence-electron chi connectivity index (χ3n) is 1.79. The minimum atomic E-state index is 0.0421. The number of carbonyl (C=O) groups is 1. The maximum absolute atomic E-state index is 11.1. The van der Waals surface area contributed by atoms with Crippen LogP contribution in [0.3, 0.4) is 0 Å². The van der Waals surface area contributed by atoms with Crippen LogP contribution in [0, 0.1) is 6.92 Å². The number of benzene rings is 1. The number of carbonyl (C=O) groups excluding carboxylic acids is 1. The van der Waals surface area contributed by atoms with E-state index >= 15 is 0 Å². The molecule has 1 aromatic carbocycles. The van der Waals surface area contributed by atoms with Crippen LogP contribution < -0.4 is 5.73 Å². The third kappa shape index (κ3) is 1.67. The van der Waals surface area contributed by atoms with Gasteiger partial charge in [-0.1, -0.05) is 15.9 Å². The summed E-state index contributed by atoms with van der Waals surface area (Å²) >= 11 is 3.28. The Balaban J connectivity index is 3.37. The fourth-order valence-corrected chi connectivity index (χ4v) is 1.54. The van der Waals surface area contributed by atoms with Crippen molar-refractivity contribution in [2.24, 2.45) is 0 Å². The van der Waals surface area contributed by atoms with Crippen molar-refractivity contribution in [1.29, 1.82) is 0 Å². The van der Waals surface area contributed by atoms with E-state index in [-0.39, 0.29) is 5.78 Å². The lowest BCUT2D eigenvalue weighted by Crippen LogP contribution is -2.00. The van der Waals surface area contributed by atoms with Gasteiger partial charge in [0.2, 0.25) is 0 Å². The van der Waals surface area contributed by atoms with Crippen LogP contribution in [-0.2, 0) is 0 Å². The molecule has 12 heavy (non-hydrogen) atoms. The lowest BCUT2D eigenvalue weighted by atomic mass is 10.0. The standard InChI is InChI=1S/C9H10BrNO/c1-5-8(6(2)12)3-7(10)4-9(5)11/h3-4H,11H2,1-2H3. The fraction of sp³-hybridized carbons (Fsp3) is 0.222. The van der Waals surface area contributed by atoms with E-state index in [2.05, 4.69) is 15.9 Å². The molecule has 0 unspecified atom stereocenters. The van der Waals surface area contributed by atoms with Crippen LogP contribution in [0.1, 0.15) is 22.8 Å². The maximum atomic E-state index is 11.1. The first-order valence-electron chi connectivity index (χ1n) is 3.59. The highest BCUT2D eigenvalue weighted by atomic mass is 79.9. The Morgan fingerprint density at radius 3 is 2.58 bits per heavy atom. The molecule has 0 aliphatic heterocycles. The van der Waals surface area contributed by atoms with E-state index in [4.69, 9.17) is 5.73 Å². The summed E-state index contributed by atoms with van der Waals surface area (Å²) in [6.07, 6.45) is 0. The van der Waals surface area contributed by atoms with Crippen LogP contribution in [0.15, 0.2) is 16.6 Å². The highest BCUT2D eigenvalue weighted by Gasteiger charge is 2.07. The van der Waals surface area contributed by atoms with E-state index in [1.54, 1.807) is 12.1 Å². The molecule has 0 atom stereocenters. The maximum Gasteiger partial charge on any atom is 0.160 e. The molecular weight excluding hydrogens is 218 g/mol. The first-order chi connectivity index (χ1) is 5.52. The Labute approximate surface area is 79.9 Å². The average Bonchev–Trinajstić information content (AvgIpc) is 1.96. The monoisotopic (exact) mass is 227 g/mol. The van der Waals surface area contributed by atoms with Crippen LogP contribution >= 0.6 is 15.9 Å². The molecule has 0 aliphatic rings. The van der Waals surface area contributed by atoms with Crippen LogP contribution in [0.4, 0.5) is 5.69 Å². The molecule has 0 saturated heterocycles. The van der Waals surface area contributed by atoms with Gasteiger partial charge in [-0.3, -0.25) is 4.79 Å². The fourth-order valence-electron chi connectivity index (χ4n) is 1.07. The number of halogens is 1. The smallest absolute Gasteiger partial charge is 0.160 e. The van der Waals surface area contributed by atoms with Gasteiger partial charge in [0, 0.05) is 15.7 Å². The molecule has 0 aromatic heterocycles. The summed E-state index contributed by atoms with van der Waals surface area (Å²) in [5, 5.41) is 0. The molecule has 0 bridgehead atoms. The van der Waals surface area contributed by atoms with Crippen molar-refractivity contribution < 1.29 is 4.79 Å². The Morgan fingerprint density at radius 1 is 1.50 bits per heavy atom. The van der Waals surface area contributed by atoms with E-state index in [0.29, 0.717) is 11.3 Å². The number of ketones is 1. The van der Waals surface area contributed by atoms with Gasteiger partial charge in [-0.15, -0.1) is 0 Å². The Morgan fingerprint density at radius 2 is 2.08 bits per heavy atom. The van der Waals surface area contributed by atoms with Crippen molar-refractivity contribution in [1.82, 2.24) is 0 Å². The van der Waals surface area contributed by atoms with Gasteiger partial charge in [0.25, 0.3) is 0 Å². The summed E-state index contributed by atoms with van der Waals surface area (Å²) in [7, 11) is 0. The summed E-state index contributed by atoms with van der Waals surface area (Å²) in [6.45, 7) is 3.38. The second kappa shape index (κ2) is 3.27. The van der Waals surface area contributed by atoms with Gasteiger partial charge in [-0.05, 0) is 31.5 Å². The van der Waals surface area contributed by atoms with Crippen molar-refractivity contribution in [3.05, 3.63) is 27.7 Å². The Hall–Kier alpha value is -0.830. The van der Waals surface area contributed by atoms with E-state index < -0.39 is 0 Å². The van der Waals surface area contributed by atoms with Crippen molar-refractivity contribution >= 4 is 27.4 Å². The number of Topliss-reactive ketones (excluding diaryl/α,β-unsaturated/α-hetero) is 1. The van der Waals surface area contributed by atoms with Gasteiger partial charge in [-0.25, -0.2) is 0 Å². The molecule has 64 valence electrons. The molecule has 3 heteroatoms. The molecule has 0 radical (unpaired) electrons. The van der Waals surface area contributed by atoms with Gasteiger partial charge in [0.05, 0.1) is 0 Å². The Bertz CT molecular complexity index is 334. The molecule has 0 aliphatic carbocycles. The number of nitrogens with two attached hydrogens (primary N) is 1. The summed E-state index contributed by atoms with van der Waals surface area (Å²) in [4.78, 5) is 11.1. The molecule has 0 fully saturated rings. The van der Waals surface area contributed by atoms with Crippen LogP contribution in [0.5, 0.6) is 0 Å². The number of rotatable bonds is 1. The van der Waals surface area contributed by atoms with Crippen molar-refractivity contribution in [2.45, 2.75) is 13.8 Å². The van der Waals surface area contributed by atoms with Gasteiger partial charge < -0.3 is 5.73 Å². The molecule has 0 amide bonds. The van der Waals surface area contributed by atoms with Gasteiger partial charge in [0.1, 0.15) is 0 Å². The zero-order valence-electron chi connectivity index (χ0n) is 7.02. The normalized spacial score (nSPS) is 9.92. The summed E-state index contributed by atoms with van der Waals surface area (Å²) in [5.41, 5.74) is 7.86. The van der Waals surface area contributed by atoms with E-state index in [0.717, 1.165) is 10.0 Å². The number of nitrogen functional groups attached to an aromatic ring is 1. The summed E-state index contributed by atoms with van der Waals surface area (Å²) in [5.74, 6) is 0.0421. The third-order valence-corrected chi connectivity index (χ3v) is 2.25. The zero-order valence-corrected chi connectivity index (χ0v) is 8.60. The van der Waals surface area contributed by atoms with Gasteiger partial charge in [-0.2, -0.15) is 0 Å². The van der Waals surface area contributed by atoms with E-state index in [9.17, 15) is 4.79 Å². The summed E-state index contributed by atoms with van der Waals surface area (Å²) in [6, 6.07) is 3.58. The number of hydrogen-bond donors (Lipinski definition) is 1. The molecule has 0 spiro atoms. The molecule has 2 nitrogen and oxygen atoms in total. The quantitative estimate of drug-likeness (QED) is 0.592. The minimum Gasteiger partial charge on any atom is -0.398 e. The van der Waals surface area contributed by atoms with Crippen LogP contribution in [0.2, 0.25) is 0 Å². The number of hydrogen-bond acceptors (Lipinski definition) is 2. The predicted octanol–water partition coefficient (Wildman–Crippen LogP) is 2.54. The second-order valence-electron chi connectivity index (χ2n) is 2.72. The molecule has 0 saturated carbocycles. The summed E-state index contributed by atoms with van der Waals surface area (Å²) < 4.78 is 0.843. The van der Waals surface area contributed by atoms with Crippen LogP contribution in [-0.4, -0.2) is 5.78 Å². The van der Waals surface area contributed by atoms with Gasteiger partial charge in [0.15, 0.2) is 5.78 Å². The second-order valence-corrected chi connectivity index (χ2v) is 3.64. The SMILES string of the molecule is CC(=O)c1cc(Br)cc(N)c1C. The first kappa shape index (κ1) is 9.26. The molecule has 2 N–H and O–H groups in total. The number of anilines is 1. The zero-order chi connectivity index (χ0) is 9.30. The van der Waals surface area contributed by atoms with Crippen molar-refractivity contribution in [2.75, 3.05) is 5.73 Å². The highest BCUT2D eigenvalue weighted by molar-refractivity contribution is 9.10. The van der Waals surface area contributed by atoms with Crippen molar-refractivity contribution in [3.63, 3.8) is 0 Å². The lowest BCUT2D eigenvalue weighted by Gasteiger charge is -2.05. The molecule has 1 rings (SSSR count). The van der Waals surface area contributed by atoms with E-state index in [1.165, 1.54) is 6.92 Å². The Kier molecular flexibility index (Phi) is 2.52. The molecule has 1 aromatic rings. The highest BCUT2D eigenvalue weighted by Crippen LogP contribution is 2.22. The minimum absolute atomic E-state index is 0.0421. The van der Waals surface area contributed by atoms with Crippen LogP contribution in [0.25, 0.3) is 0 Å². The topological polar surface area (TPSA) is 43.1 Å². The average molecular weight is 228 g/mol. The molecular formula is C9H10BrNO. The predicted molar refractivity (Wildman–Crippen MR) is 53.3 cm³/mol. The molecule has 0 heterocycles. The van der Waals surface area contributed by atoms with Crippen molar-refractivity contribution in [3.8, 4) is 0 Å². The largest absolute Gasteiger partial charge is 0.398 e. The van der Waals surface area contributed by atoms with E-state index in [1.807, 2.05) is 6.92 Å². The lowest BCUT2D eigenvalue weighted by molar-refractivity contribution is 0.101.